The van der Waals surface area contributed by atoms with Crippen LogP contribution in [-0.4, -0.2) is 32.2 Å². The number of alkyl halides is 3. The van der Waals surface area contributed by atoms with E-state index in [2.05, 4.69) is 25.1 Å². The van der Waals surface area contributed by atoms with Crippen LogP contribution in [-0.2, 0) is 11.6 Å². The van der Waals surface area contributed by atoms with E-state index in [9.17, 15) is 13.2 Å². The normalized spacial score (nSPS) is 12.2. The molecular formula is C16H14F3N5O2. The molecule has 0 aliphatic heterocycles. The maximum atomic E-state index is 13.0. The quantitative estimate of drug-likeness (QED) is 0.701. The lowest BCUT2D eigenvalue weighted by molar-refractivity contribution is -0.137. The van der Waals surface area contributed by atoms with Gasteiger partial charge in [-0.25, -0.2) is 9.97 Å². The van der Waals surface area contributed by atoms with Crippen LogP contribution in [0, 0.1) is 0 Å². The van der Waals surface area contributed by atoms with Crippen LogP contribution in [0.1, 0.15) is 31.0 Å². The van der Waals surface area contributed by atoms with E-state index in [1.807, 2.05) is 0 Å². The standard InChI is InChI=1S/C16H14F3N5O2/c1-15(2,11-6-9(4-5-20-11)16(17,18)19)14-23-13(24-26-14)10-7-12(25-3)22-8-21-10/h4-8H,1-3H3. The first kappa shape index (κ1) is 17.8. The smallest absolute Gasteiger partial charge is 0.416 e. The minimum Gasteiger partial charge on any atom is -0.481 e. The number of halogens is 3. The minimum atomic E-state index is -4.47. The van der Waals surface area contributed by atoms with Gasteiger partial charge in [0.2, 0.25) is 17.6 Å². The van der Waals surface area contributed by atoms with E-state index in [1.165, 1.54) is 19.5 Å². The van der Waals surface area contributed by atoms with Crippen LogP contribution in [0.25, 0.3) is 11.5 Å². The van der Waals surface area contributed by atoms with Gasteiger partial charge < -0.3 is 9.26 Å². The van der Waals surface area contributed by atoms with Gasteiger partial charge in [0.15, 0.2) is 0 Å². The molecule has 0 unspecified atom stereocenters. The summed E-state index contributed by atoms with van der Waals surface area (Å²) < 4.78 is 49.1. The topological polar surface area (TPSA) is 86.8 Å². The van der Waals surface area contributed by atoms with Crippen molar-refractivity contribution in [2.24, 2.45) is 0 Å². The second-order valence-corrected chi connectivity index (χ2v) is 5.92. The fourth-order valence-electron chi connectivity index (χ4n) is 2.21. The molecule has 3 aromatic heterocycles. The van der Waals surface area contributed by atoms with Gasteiger partial charge in [-0.2, -0.15) is 18.2 Å². The molecule has 0 spiro atoms. The summed E-state index contributed by atoms with van der Waals surface area (Å²) in [5.41, 5.74) is -1.32. The highest BCUT2D eigenvalue weighted by atomic mass is 19.4. The first-order chi connectivity index (χ1) is 12.2. The number of nitrogens with zero attached hydrogens (tertiary/aromatic N) is 5. The molecule has 0 aliphatic carbocycles. The Morgan fingerprint density at radius 3 is 2.54 bits per heavy atom. The van der Waals surface area contributed by atoms with Gasteiger partial charge in [-0.1, -0.05) is 5.16 Å². The highest BCUT2D eigenvalue weighted by molar-refractivity contribution is 5.49. The number of methoxy groups -OCH3 is 1. The zero-order valence-corrected chi connectivity index (χ0v) is 14.1. The van der Waals surface area contributed by atoms with Crippen LogP contribution in [0.4, 0.5) is 13.2 Å². The van der Waals surface area contributed by atoms with Crippen LogP contribution in [0.15, 0.2) is 35.2 Å². The van der Waals surface area contributed by atoms with E-state index >= 15 is 0 Å². The van der Waals surface area contributed by atoms with Crippen LogP contribution in [0.5, 0.6) is 5.88 Å². The molecule has 0 aromatic carbocycles. The monoisotopic (exact) mass is 365 g/mol. The van der Waals surface area contributed by atoms with Gasteiger partial charge in [-0.05, 0) is 26.0 Å². The highest BCUT2D eigenvalue weighted by Gasteiger charge is 2.36. The molecule has 3 aromatic rings. The van der Waals surface area contributed by atoms with Gasteiger partial charge in [0.05, 0.1) is 23.8 Å². The number of hydrogen-bond acceptors (Lipinski definition) is 7. The van der Waals surface area contributed by atoms with Crippen molar-refractivity contribution in [3.05, 3.63) is 47.9 Å². The number of rotatable bonds is 4. The SMILES string of the molecule is COc1cc(-c2noc(C(C)(C)c3cc(C(F)(F)F)ccn3)n2)ncn1. The third-order valence-corrected chi connectivity index (χ3v) is 3.77. The fraction of sp³-hybridized carbons (Fsp3) is 0.312. The Hall–Kier alpha value is -3.04. The van der Waals surface area contributed by atoms with Gasteiger partial charge >= 0.3 is 6.18 Å². The van der Waals surface area contributed by atoms with Crippen molar-refractivity contribution >= 4 is 0 Å². The molecule has 0 atom stereocenters. The van der Waals surface area contributed by atoms with Crippen LogP contribution in [0.3, 0.4) is 0 Å². The van der Waals surface area contributed by atoms with E-state index in [-0.39, 0.29) is 17.4 Å². The van der Waals surface area contributed by atoms with E-state index in [1.54, 1.807) is 13.8 Å². The van der Waals surface area contributed by atoms with E-state index in [4.69, 9.17) is 9.26 Å². The molecule has 0 bridgehead atoms. The summed E-state index contributed by atoms with van der Waals surface area (Å²) in [5, 5.41) is 3.84. The Kier molecular flexibility index (Phi) is 4.34. The summed E-state index contributed by atoms with van der Waals surface area (Å²) in [4.78, 5) is 16.2. The van der Waals surface area contributed by atoms with Crippen molar-refractivity contribution in [2.75, 3.05) is 7.11 Å². The Labute approximate surface area is 146 Å². The van der Waals surface area contributed by atoms with E-state index < -0.39 is 17.2 Å². The predicted octanol–water partition coefficient (Wildman–Crippen LogP) is 3.27. The van der Waals surface area contributed by atoms with Crippen LogP contribution < -0.4 is 4.74 Å². The number of pyridine rings is 1. The van der Waals surface area contributed by atoms with Crippen LogP contribution >= 0.6 is 0 Å². The predicted molar refractivity (Wildman–Crippen MR) is 83.2 cm³/mol. The van der Waals surface area contributed by atoms with Gasteiger partial charge in [0.25, 0.3) is 0 Å². The summed E-state index contributed by atoms with van der Waals surface area (Å²) >= 11 is 0. The second-order valence-electron chi connectivity index (χ2n) is 5.92. The summed E-state index contributed by atoms with van der Waals surface area (Å²) in [6.07, 6.45) is -2.08. The Balaban J connectivity index is 1.97. The summed E-state index contributed by atoms with van der Waals surface area (Å²) in [6.45, 7) is 3.29. The summed E-state index contributed by atoms with van der Waals surface area (Å²) in [6, 6.07) is 3.40. The van der Waals surface area contributed by atoms with Crippen molar-refractivity contribution in [1.82, 2.24) is 25.1 Å². The first-order valence-electron chi connectivity index (χ1n) is 7.46. The summed E-state index contributed by atoms with van der Waals surface area (Å²) in [7, 11) is 1.45. The molecule has 136 valence electrons. The third-order valence-electron chi connectivity index (χ3n) is 3.77. The second kappa shape index (κ2) is 6.36. The molecule has 0 fully saturated rings. The molecule has 7 nitrogen and oxygen atoms in total. The van der Waals surface area contributed by atoms with Crippen molar-refractivity contribution in [3.8, 4) is 17.4 Å². The molecule has 0 saturated heterocycles. The van der Waals surface area contributed by atoms with Gasteiger partial charge in [0.1, 0.15) is 12.0 Å². The number of aromatic nitrogens is 5. The van der Waals surface area contributed by atoms with Gasteiger partial charge in [0, 0.05) is 12.3 Å². The van der Waals surface area contributed by atoms with Gasteiger partial charge in [-0.15, -0.1) is 0 Å². The molecular weight excluding hydrogens is 351 g/mol. The maximum absolute atomic E-state index is 13.0. The first-order valence-corrected chi connectivity index (χ1v) is 7.46. The molecule has 3 rings (SSSR count). The maximum Gasteiger partial charge on any atom is 0.416 e. The minimum absolute atomic E-state index is 0.108. The van der Waals surface area contributed by atoms with Crippen LogP contribution in [0.2, 0.25) is 0 Å². The zero-order chi connectivity index (χ0) is 18.9. The highest BCUT2D eigenvalue weighted by Crippen LogP contribution is 2.34. The lowest BCUT2D eigenvalue weighted by Crippen LogP contribution is -2.22. The molecule has 0 saturated carbocycles. The Morgan fingerprint density at radius 2 is 1.85 bits per heavy atom. The van der Waals surface area contributed by atoms with Crippen molar-refractivity contribution in [2.45, 2.75) is 25.4 Å². The van der Waals surface area contributed by atoms with Gasteiger partial charge in [-0.3, -0.25) is 4.98 Å². The Bertz CT molecular complexity index is 924. The molecule has 10 heteroatoms. The lowest BCUT2D eigenvalue weighted by Gasteiger charge is -2.20. The molecule has 0 radical (unpaired) electrons. The van der Waals surface area contributed by atoms with Crippen molar-refractivity contribution in [1.29, 1.82) is 0 Å². The van der Waals surface area contributed by atoms with E-state index in [0.29, 0.717) is 11.6 Å². The molecule has 3 heterocycles. The third kappa shape index (κ3) is 3.35. The van der Waals surface area contributed by atoms with Crippen molar-refractivity contribution in [3.63, 3.8) is 0 Å². The Morgan fingerprint density at radius 1 is 1.08 bits per heavy atom. The average molecular weight is 365 g/mol. The molecule has 26 heavy (non-hydrogen) atoms. The molecule has 0 aliphatic rings. The largest absolute Gasteiger partial charge is 0.481 e. The number of hydrogen-bond donors (Lipinski definition) is 0. The fourth-order valence-corrected chi connectivity index (χ4v) is 2.21. The number of ether oxygens (including phenoxy) is 1. The molecule has 0 amide bonds. The lowest BCUT2D eigenvalue weighted by atomic mass is 9.88. The van der Waals surface area contributed by atoms with Crippen molar-refractivity contribution < 1.29 is 22.4 Å². The zero-order valence-electron chi connectivity index (χ0n) is 14.1. The summed E-state index contributed by atoms with van der Waals surface area (Å²) in [5.74, 6) is 0.595. The average Bonchev–Trinajstić information content (AvgIpc) is 3.12. The molecule has 0 N–H and O–H groups in total. The van der Waals surface area contributed by atoms with E-state index in [0.717, 1.165) is 18.3 Å².